The lowest BCUT2D eigenvalue weighted by atomic mass is 10.1. The third kappa shape index (κ3) is 4.84. The van der Waals surface area contributed by atoms with Crippen LogP contribution in [-0.4, -0.2) is 31.5 Å². The molecule has 0 aliphatic carbocycles. The highest BCUT2D eigenvalue weighted by molar-refractivity contribution is 5.88. The summed E-state index contributed by atoms with van der Waals surface area (Å²) in [5, 5.41) is 13.8. The minimum Gasteiger partial charge on any atom is -0.478 e. The Kier molecular flexibility index (Phi) is 6.39. The number of nitrogens with zero attached hydrogens (tertiary/aromatic N) is 4. The Bertz CT molecular complexity index is 1820. The molecule has 0 radical (unpaired) electrons. The first-order valence-corrected chi connectivity index (χ1v) is 11.8. The molecule has 0 aliphatic heterocycles. The number of carboxylic acid groups (broad SMARTS) is 1. The van der Waals surface area contributed by atoms with E-state index in [9.17, 15) is 27.9 Å². The second kappa shape index (κ2) is 9.71. The van der Waals surface area contributed by atoms with Crippen LogP contribution in [0.25, 0.3) is 28.0 Å². The molecule has 10 heteroatoms. The zero-order valence-electron chi connectivity index (χ0n) is 20.8. The van der Waals surface area contributed by atoms with Crippen LogP contribution >= 0.6 is 0 Å². The van der Waals surface area contributed by atoms with Gasteiger partial charge in [0.25, 0.3) is 5.56 Å². The molecule has 0 aliphatic rings. The maximum Gasteiger partial charge on any atom is 0.416 e. The lowest BCUT2D eigenvalue weighted by Gasteiger charge is -2.12. The van der Waals surface area contributed by atoms with Crippen LogP contribution in [0.2, 0.25) is 0 Å². The number of aromatic carboxylic acids is 1. The summed E-state index contributed by atoms with van der Waals surface area (Å²) in [7, 11) is 0. The minimum atomic E-state index is -4.57. The van der Waals surface area contributed by atoms with Gasteiger partial charge in [-0.15, -0.1) is 0 Å². The number of hydrogen-bond acceptors (Lipinski definition) is 4. The zero-order valence-corrected chi connectivity index (χ0v) is 20.8. The molecule has 7 nitrogen and oxygen atoms in total. The Morgan fingerprint density at radius 1 is 0.974 bits per heavy atom. The van der Waals surface area contributed by atoms with Crippen LogP contribution < -0.4 is 5.56 Å². The molecule has 0 bridgehead atoms. The Morgan fingerprint density at radius 2 is 1.69 bits per heavy atom. The minimum absolute atomic E-state index is 0.0286. The Balaban J connectivity index is 1.63. The molecule has 0 amide bonds. The van der Waals surface area contributed by atoms with Crippen molar-refractivity contribution in [3.63, 3.8) is 0 Å². The lowest BCUT2D eigenvalue weighted by molar-refractivity contribution is -0.137. The number of carboxylic acids is 1. The molecule has 0 unspecified atom stereocenters. The second-order valence-electron chi connectivity index (χ2n) is 8.91. The molecule has 39 heavy (non-hydrogen) atoms. The zero-order chi connectivity index (χ0) is 27.9. The van der Waals surface area contributed by atoms with E-state index in [1.54, 1.807) is 36.4 Å². The van der Waals surface area contributed by atoms with Crippen molar-refractivity contribution in [1.29, 1.82) is 0 Å². The number of alkyl halides is 3. The van der Waals surface area contributed by atoms with Crippen LogP contribution in [0.3, 0.4) is 0 Å². The summed E-state index contributed by atoms with van der Waals surface area (Å²) < 4.78 is 43.2. The molecule has 3 aromatic carbocycles. The van der Waals surface area contributed by atoms with Crippen molar-refractivity contribution in [2.75, 3.05) is 0 Å². The Labute approximate surface area is 220 Å². The van der Waals surface area contributed by atoms with E-state index >= 15 is 0 Å². The number of hydrogen-bond donors (Lipinski definition) is 1. The first-order valence-electron chi connectivity index (χ1n) is 11.8. The SMILES string of the molecule is Cc1cc(C=Nn2c(-c3cccc(C(F)(F)F)c3)nc3ccccc3c2=O)c(C)n1-c1ccc(C(=O)O)cc1. The normalized spacial score (nSPS) is 11.9. The van der Waals surface area contributed by atoms with Crippen molar-refractivity contribution < 1.29 is 23.1 Å². The molecule has 0 saturated carbocycles. The lowest BCUT2D eigenvalue weighted by Crippen LogP contribution is -2.20. The first kappa shape index (κ1) is 25.7. The van der Waals surface area contributed by atoms with Gasteiger partial charge in [-0.25, -0.2) is 9.78 Å². The van der Waals surface area contributed by atoms with Crippen LogP contribution in [0.4, 0.5) is 13.2 Å². The summed E-state index contributed by atoms with van der Waals surface area (Å²) in [4.78, 5) is 29.1. The smallest absolute Gasteiger partial charge is 0.416 e. The third-order valence-electron chi connectivity index (χ3n) is 6.36. The van der Waals surface area contributed by atoms with E-state index < -0.39 is 23.3 Å². The molecule has 2 heterocycles. The quantitative estimate of drug-likeness (QED) is 0.279. The van der Waals surface area contributed by atoms with Gasteiger partial charge >= 0.3 is 12.1 Å². The summed E-state index contributed by atoms with van der Waals surface area (Å²) in [6.07, 6.45) is -3.11. The van der Waals surface area contributed by atoms with Crippen molar-refractivity contribution in [1.82, 2.24) is 14.2 Å². The fraction of sp³-hybridized carbons (Fsp3) is 0.103. The van der Waals surface area contributed by atoms with Crippen LogP contribution in [0.5, 0.6) is 0 Å². The summed E-state index contributed by atoms with van der Waals surface area (Å²) in [6.45, 7) is 3.71. The van der Waals surface area contributed by atoms with E-state index in [1.807, 2.05) is 24.5 Å². The fourth-order valence-corrected chi connectivity index (χ4v) is 4.44. The van der Waals surface area contributed by atoms with E-state index in [-0.39, 0.29) is 22.3 Å². The van der Waals surface area contributed by atoms with Crippen molar-refractivity contribution in [3.05, 3.63) is 117 Å². The van der Waals surface area contributed by atoms with Gasteiger partial charge in [0, 0.05) is 28.2 Å². The number of para-hydroxylation sites is 1. The Hall–Kier alpha value is -4.99. The van der Waals surface area contributed by atoms with Crippen LogP contribution in [0.1, 0.15) is 32.9 Å². The van der Waals surface area contributed by atoms with Gasteiger partial charge in [-0.1, -0.05) is 24.3 Å². The Morgan fingerprint density at radius 3 is 2.38 bits per heavy atom. The van der Waals surface area contributed by atoms with E-state index in [0.717, 1.165) is 33.9 Å². The summed E-state index contributed by atoms with van der Waals surface area (Å²) in [5.41, 5.74) is 2.19. The van der Waals surface area contributed by atoms with Gasteiger partial charge in [0.1, 0.15) is 0 Å². The molecule has 196 valence electrons. The average molecular weight is 531 g/mol. The average Bonchev–Trinajstić information content (AvgIpc) is 3.20. The number of fused-ring (bicyclic) bond motifs is 1. The number of aromatic nitrogens is 3. The van der Waals surface area contributed by atoms with Crippen molar-refractivity contribution in [2.45, 2.75) is 20.0 Å². The van der Waals surface area contributed by atoms with Crippen molar-refractivity contribution in [2.24, 2.45) is 5.10 Å². The van der Waals surface area contributed by atoms with Gasteiger partial charge in [-0.2, -0.15) is 22.9 Å². The molecule has 5 rings (SSSR count). The van der Waals surface area contributed by atoms with E-state index in [4.69, 9.17) is 0 Å². The number of rotatable bonds is 5. The van der Waals surface area contributed by atoms with Gasteiger partial charge in [0.15, 0.2) is 5.82 Å². The topological polar surface area (TPSA) is 89.5 Å². The molecule has 0 spiro atoms. The van der Waals surface area contributed by atoms with Crippen molar-refractivity contribution >= 4 is 23.1 Å². The summed E-state index contributed by atoms with van der Waals surface area (Å²) >= 11 is 0. The molecule has 5 aromatic rings. The fourth-order valence-electron chi connectivity index (χ4n) is 4.44. The van der Waals surface area contributed by atoms with Crippen LogP contribution in [-0.2, 0) is 6.18 Å². The van der Waals surface area contributed by atoms with Gasteiger partial charge in [-0.05, 0) is 68.4 Å². The molecule has 0 atom stereocenters. The summed E-state index contributed by atoms with van der Waals surface area (Å²) in [6, 6.07) is 19.4. The molecule has 0 saturated heterocycles. The van der Waals surface area contributed by atoms with E-state index in [1.165, 1.54) is 30.5 Å². The van der Waals surface area contributed by atoms with E-state index in [2.05, 4.69) is 10.1 Å². The number of aryl methyl sites for hydroxylation is 1. The molecule has 0 fully saturated rings. The molecular formula is C29H21F3N4O3. The van der Waals surface area contributed by atoms with Crippen LogP contribution in [0, 0.1) is 13.8 Å². The third-order valence-corrected chi connectivity index (χ3v) is 6.36. The highest BCUT2D eigenvalue weighted by atomic mass is 19.4. The van der Waals surface area contributed by atoms with Gasteiger partial charge in [0.05, 0.1) is 28.2 Å². The molecular weight excluding hydrogens is 509 g/mol. The molecule has 1 N–H and O–H groups in total. The molecule has 2 aromatic heterocycles. The highest BCUT2D eigenvalue weighted by Crippen LogP contribution is 2.32. The highest BCUT2D eigenvalue weighted by Gasteiger charge is 2.31. The number of halogens is 3. The monoisotopic (exact) mass is 530 g/mol. The maximum atomic E-state index is 13.4. The van der Waals surface area contributed by atoms with Gasteiger partial charge < -0.3 is 9.67 Å². The standard InChI is InChI=1S/C29H21F3N4O3/c1-17-14-21(18(2)35(17)23-12-10-19(11-13-23)28(38)39)16-33-36-26(20-6-5-7-22(15-20)29(30,31)32)34-25-9-4-3-8-24(25)27(36)37/h3-16H,1-2H3,(H,38,39). The van der Waals surface area contributed by atoms with Crippen molar-refractivity contribution in [3.8, 4) is 17.1 Å². The predicted molar refractivity (Wildman–Crippen MR) is 142 cm³/mol. The van der Waals surface area contributed by atoms with E-state index in [0.29, 0.717) is 11.1 Å². The first-order chi connectivity index (χ1) is 18.5. The number of benzene rings is 3. The van der Waals surface area contributed by atoms with Gasteiger partial charge in [-0.3, -0.25) is 4.79 Å². The maximum absolute atomic E-state index is 13.4. The predicted octanol–water partition coefficient (Wildman–Crippen LogP) is 6.07. The van der Waals surface area contributed by atoms with Gasteiger partial charge in [0.2, 0.25) is 0 Å². The summed E-state index contributed by atoms with van der Waals surface area (Å²) in [5.74, 6) is -1.06. The largest absolute Gasteiger partial charge is 0.478 e. The second-order valence-corrected chi connectivity index (χ2v) is 8.91. The van der Waals surface area contributed by atoms with Crippen LogP contribution in [0.15, 0.2) is 88.8 Å². The number of carbonyl (C=O) groups is 1.